The van der Waals surface area contributed by atoms with E-state index in [4.69, 9.17) is 18.8 Å². The van der Waals surface area contributed by atoms with Crippen LogP contribution in [0.2, 0.25) is 0 Å². The maximum absolute atomic E-state index is 6.05. The van der Waals surface area contributed by atoms with Crippen LogP contribution in [0.5, 0.6) is 0 Å². The average molecular weight is 632 g/mol. The van der Waals surface area contributed by atoms with E-state index >= 15 is 0 Å². The third kappa shape index (κ3) is 5.53. The smallest absolute Gasteiger partial charge is 0.227 e. The predicted octanol–water partition coefficient (Wildman–Crippen LogP) is 12.1. The quantitative estimate of drug-likeness (QED) is 0.175. The van der Waals surface area contributed by atoms with E-state index in [1.165, 1.54) is 16.7 Å². The van der Waals surface area contributed by atoms with Crippen molar-refractivity contribution in [3.63, 3.8) is 0 Å². The van der Waals surface area contributed by atoms with Gasteiger partial charge in [-0.15, -0.1) is 0 Å². The summed E-state index contributed by atoms with van der Waals surface area (Å²) in [6.07, 6.45) is 0. The summed E-state index contributed by atoms with van der Waals surface area (Å²) in [4.78, 5) is 11.6. The molecule has 0 aliphatic carbocycles. The fourth-order valence-corrected chi connectivity index (χ4v) is 6.23. The summed E-state index contributed by atoms with van der Waals surface area (Å²) in [5, 5.41) is 0. The molecule has 232 valence electrons. The van der Waals surface area contributed by atoms with Crippen LogP contribution < -0.4 is 4.90 Å². The maximum Gasteiger partial charge on any atom is 0.227 e. The summed E-state index contributed by atoms with van der Waals surface area (Å²) in [7, 11) is 0. The van der Waals surface area contributed by atoms with E-state index in [2.05, 4.69) is 126 Å². The lowest BCUT2D eigenvalue weighted by Crippen LogP contribution is -2.09. The molecule has 2 heterocycles. The molecule has 0 amide bonds. The van der Waals surface area contributed by atoms with E-state index in [0.717, 1.165) is 56.0 Å². The van der Waals surface area contributed by atoms with Crippen LogP contribution in [0.3, 0.4) is 0 Å². The molecule has 0 fully saturated rings. The Balaban J connectivity index is 1.06. The van der Waals surface area contributed by atoms with Crippen molar-refractivity contribution in [2.24, 2.45) is 0 Å². The summed E-state index contributed by atoms with van der Waals surface area (Å²) in [6.45, 7) is 0. The number of hydrogen-bond acceptors (Lipinski definition) is 5. The van der Waals surface area contributed by atoms with Crippen LogP contribution in [0.4, 0.5) is 17.1 Å². The van der Waals surface area contributed by atoms with Crippen LogP contribution in [0.1, 0.15) is 0 Å². The number of fused-ring (bicyclic) bond motifs is 2. The Labute approximate surface area is 283 Å². The molecule has 0 spiro atoms. The Morgan fingerprint density at radius 2 is 0.633 bits per heavy atom. The van der Waals surface area contributed by atoms with Crippen molar-refractivity contribution in [3.8, 4) is 45.2 Å². The van der Waals surface area contributed by atoms with Crippen molar-refractivity contribution in [2.75, 3.05) is 4.90 Å². The molecule has 2 aromatic heterocycles. The van der Waals surface area contributed by atoms with Crippen molar-refractivity contribution < 1.29 is 8.83 Å². The Kier molecular flexibility index (Phi) is 7.06. The highest BCUT2D eigenvalue weighted by molar-refractivity contribution is 5.82. The first-order valence-electron chi connectivity index (χ1n) is 16.2. The van der Waals surface area contributed by atoms with Gasteiger partial charge >= 0.3 is 0 Å². The number of anilines is 3. The average Bonchev–Trinajstić information content (AvgIpc) is 3.82. The van der Waals surface area contributed by atoms with Gasteiger partial charge in [0, 0.05) is 28.2 Å². The van der Waals surface area contributed by atoms with Gasteiger partial charge in [0.05, 0.1) is 0 Å². The van der Waals surface area contributed by atoms with Crippen LogP contribution in [-0.2, 0) is 0 Å². The topological polar surface area (TPSA) is 55.3 Å². The van der Waals surface area contributed by atoms with Crippen molar-refractivity contribution >= 4 is 39.3 Å². The molecule has 0 radical (unpaired) electrons. The molecule has 49 heavy (non-hydrogen) atoms. The van der Waals surface area contributed by atoms with Gasteiger partial charge in [-0.2, -0.15) is 0 Å². The van der Waals surface area contributed by atoms with Gasteiger partial charge in [-0.3, -0.25) is 0 Å². The maximum atomic E-state index is 6.05. The lowest BCUT2D eigenvalue weighted by molar-refractivity contribution is 0.619. The van der Waals surface area contributed by atoms with Crippen molar-refractivity contribution in [2.45, 2.75) is 0 Å². The Morgan fingerprint density at radius 1 is 0.306 bits per heavy atom. The molecule has 0 aliphatic heterocycles. The first-order valence-corrected chi connectivity index (χ1v) is 16.2. The molecule has 5 heteroatoms. The number of oxazole rings is 2. The van der Waals surface area contributed by atoms with E-state index < -0.39 is 0 Å². The number of aromatic nitrogens is 2. The standard InChI is InChI=1S/C44H29N3O2/c1-2-8-30(9-3-1)31-14-16-32(17-15-31)33-18-24-36(25-19-33)47(37-26-20-34(21-27-37)43-45-39-10-4-6-12-41(39)48-43)38-28-22-35(23-29-38)44-46-40-11-5-7-13-42(40)49-44/h1-29H. The molecule has 0 bridgehead atoms. The highest BCUT2D eigenvalue weighted by Crippen LogP contribution is 2.38. The highest BCUT2D eigenvalue weighted by atomic mass is 16.4. The predicted molar refractivity (Wildman–Crippen MR) is 198 cm³/mol. The van der Waals surface area contributed by atoms with E-state index in [-0.39, 0.29) is 0 Å². The van der Waals surface area contributed by atoms with Crippen molar-refractivity contribution in [1.29, 1.82) is 0 Å². The van der Waals surface area contributed by atoms with Crippen molar-refractivity contribution in [1.82, 2.24) is 9.97 Å². The van der Waals surface area contributed by atoms with E-state index in [9.17, 15) is 0 Å². The third-order valence-corrected chi connectivity index (χ3v) is 8.78. The van der Waals surface area contributed by atoms with Crippen LogP contribution in [0.25, 0.3) is 67.4 Å². The number of para-hydroxylation sites is 4. The SMILES string of the molecule is c1ccc(-c2ccc(-c3ccc(N(c4ccc(-c5nc6ccccc6o5)cc4)c4ccc(-c5nc6ccccc6o5)cc4)cc3)cc2)cc1. The molecule has 0 saturated heterocycles. The van der Waals surface area contributed by atoms with Gasteiger partial charge in [-0.25, -0.2) is 9.97 Å². The minimum absolute atomic E-state index is 0.602. The summed E-state index contributed by atoms with van der Waals surface area (Å²) in [5.74, 6) is 1.20. The molecule has 0 N–H and O–H groups in total. The lowest BCUT2D eigenvalue weighted by atomic mass is 10.00. The van der Waals surface area contributed by atoms with Gasteiger partial charge in [0.1, 0.15) is 11.0 Å². The summed E-state index contributed by atoms with van der Waals surface area (Å²) in [6, 6.07) is 60.2. The molecule has 9 rings (SSSR count). The fourth-order valence-electron chi connectivity index (χ4n) is 6.23. The summed E-state index contributed by atoms with van der Waals surface area (Å²) < 4.78 is 12.1. The molecule has 0 saturated carbocycles. The number of hydrogen-bond donors (Lipinski definition) is 0. The van der Waals surface area contributed by atoms with Gasteiger partial charge in [0.2, 0.25) is 11.8 Å². The number of rotatable bonds is 7. The number of nitrogens with zero attached hydrogens (tertiary/aromatic N) is 3. The Hall–Kier alpha value is -6.72. The molecular formula is C44H29N3O2. The minimum atomic E-state index is 0.602. The zero-order valence-electron chi connectivity index (χ0n) is 26.4. The largest absolute Gasteiger partial charge is 0.436 e. The van der Waals surface area contributed by atoms with Crippen molar-refractivity contribution in [3.05, 3.63) is 176 Å². The third-order valence-electron chi connectivity index (χ3n) is 8.78. The molecule has 0 atom stereocenters. The molecule has 9 aromatic rings. The van der Waals surface area contributed by atoms with Gasteiger partial charge < -0.3 is 13.7 Å². The zero-order valence-corrected chi connectivity index (χ0v) is 26.4. The highest BCUT2D eigenvalue weighted by Gasteiger charge is 2.16. The molecular weight excluding hydrogens is 603 g/mol. The molecule has 5 nitrogen and oxygen atoms in total. The van der Waals surface area contributed by atoms with E-state index in [1.54, 1.807) is 0 Å². The molecule has 0 aliphatic rings. The van der Waals surface area contributed by atoms with Crippen LogP contribution in [-0.4, -0.2) is 9.97 Å². The minimum Gasteiger partial charge on any atom is -0.436 e. The van der Waals surface area contributed by atoms with Crippen LogP contribution in [0, 0.1) is 0 Å². The lowest BCUT2D eigenvalue weighted by Gasteiger charge is -2.26. The van der Waals surface area contributed by atoms with Gasteiger partial charge in [0.25, 0.3) is 0 Å². The van der Waals surface area contributed by atoms with Gasteiger partial charge in [0.15, 0.2) is 11.2 Å². The Morgan fingerprint density at radius 3 is 1.04 bits per heavy atom. The molecule has 7 aromatic carbocycles. The van der Waals surface area contributed by atoms with E-state index in [0.29, 0.717) is 11.8 Å². The Bertz CT molecular complexity index is 2330. The van der Waals surface area contributed by atoms with Crippen LogP contribution in [0.15, 0.2) is 185 Å². The monoisotopic (exact) mass is 631 g/mol. The van der Waals surface area contributed by atoms with E-state index in [1.807, 2.05) is 54.6 Å². The second-order valence-electron chi connectivity index (χ2n) is 11.9. The summed E-state index contributed by atoms with van der Waals surface area (Å²) >= 11 is 0. The van der Waals surface area contributed by atoms with Crippen LogP contribution >= 0.6 is 0 Å². The second kappa shape index (κ2) is 12.1. The first kappa shape index (κ1) is 28.5. The second-order valence-corrected chi connectivity index (χ2v) is 11.9. The normalized spacial score (nSPS) is 11.3. The van der Waals surface area contributed by atoms with Gasteiger partial charge in [-0.05, 0) is 107 Å². The first-order chi connectivity index (χ1) is 24.2. The number of benzene rings is 7. The fraction of sp³-hybridized carbons (Fsp3) is 0. The molecule has 0 unspecified atom stereocenters. The zero-order chi connectivity index (χ0) is 32.6. The van der Waals surface area contributed by atoms with Gasteiger partial charge in [-0.1, -0.05) is 91.0 Å². The summed E-state index contributed by atoms with van der Waals surface area (Å²) in [5.41, 5.74) is 12.9.